The average Bonchev–Trinajstić information content (AvgIpc) is 2.29. The fraction of sp³-hybridized carbons (Fsp3) is 0.600. The summed E-state index contributed by atoms with van der Waals surface area (Å²) in [5.41, 5.74) is 1.67. The number of benzene rings is 1. The van der Waals surface area contributed by atoms with Gasteiger partial charge in [0.05, 0.1) is 11.6 Å². The molecule has 0 heterocycles. The quantitative estimate of drug-likeness (QED) is 0.820. The predicted molar refractivity (Wildman–Crippen MR) is 81.3 cm³/mol. The van der Waals surface area contributed by atoms with Crippen LogP contribution in [0.4, 0.5) is 0 Å². The van der Waals surface area contributed by atoms with Crippen molar-refractivity contribution < 1.29 is 4.74 Å². The first-order valence-corrected chi connectivity index (χ1v) is 7.31. The number of nitrogens with one attached hydrogen (secondary N) is 1. The summed E-state index contributed by atoms with van der Waals surface area (Å²) >= 11 is 3.55. The van der Waals surface area contributed by atoms with Crippen LogP contribution in [0.2, 0.25) is 0 Å². The lowest BCUT2D eigenvalue weighted by molar-refractivity contribution is 0.282. The Morgan fingerprint density at radius 1 is 1.39 bits per heavy atom. The smallest absolute Gasteiger partial charge is 0.133 e. The van der Waals surface area contributed by atoms with Crippen molar-refractivity contribution in [2.24, 2.45) is 5.41 Å². The van der Waals surface area contributed by atoms with Gasteiger partial charge in [-0.2, -0.15) is 0 Å². The molecule has 2 nitrogen and oxygen atoms in total. The van der Waals surface area contributed by atoms with Gasteiger partial charge < -0.3 is 10.1 Å². The van der Waals surface area contributed by atoms with Crippen LogP contribution in [-0.2, 0) is 6.42 Å². The van der Waals surface area contributed by atoms with Gasteiger partial charge in [-0.1, -0.05) is 26.3 Å². The van der Waals surface area contributed by atoms with Crippen molar-refractivity contribution in [3.63, 3.8) is 0 Å². The van der Waals surface area contributed by atoms with Gasteiger partial charge in [0.15, 0.2) is 0 Å². The number of hydrogen-bond acceptors (Lipinski definition) is 2. The molecule has 0 bridgehead atoms. The molecule has 0 aliphatic carbocycles. The summed E-state index contributed by atoms with van der Waals surface area (Å²) in [5.74, 6) is 0.893. The highest BCUT2D eigenvalue weighted by molar-refractivity contribution is 9.10. The molecular formula is C15H24BrNO. The van der Waals surface area contributed by atoms with Crippen molar-refractivity contribution in [1.29, 1.82) is 0 Å². The zero-order valence-corrected chi connectivity index (χ0v) is 13.4. The van der Waals surface area contributed by atoms with Crippen LogP contribution in [0.15, 0.2) is 22.7 Å². The molecule has 1 aromatic rings. The highest BCUT2D eigenvalue weighted by Gasteiger charge is 2.23. The summed E-state index contributed by atoms with van der Waals surface area (Å²) < 4.78 is 6.30. The summed E-state index contributed by atoms with van der Waals surface area (Å²) in [7, 11) is 3.72. The molecule has 0 saturated heterocycles. The third-order valence-corrected chi connectivity index (χ3v) is 3.92. The van der Waals surface area contributed by atoms with Crippen molar-refractivity contribution in [2.45, 2.75) is 33.1 Å². The molecule has 0 saturated carbocycles. The van der Waals surface area contributed by atoms with Gasteiger partial charge >= 0.3 is 0 Å². The first-order chi connectivity index (χ1) is 8.54. The normalized spacial score (nSPS) is 14.3. The van der Waals surface area contributed by atoms with E-state index in [9.17, 15) is 0 Å². The predicted octanol–water partition coefficient (Wildman–Crippen LogP) is 4.03. The van der Waals surface area contributed by atoms with Crippen molar-refractivity contribution >= 4 is 15.9 Å². The van der Waals surface area contributed by atoms with Gasteiger partial charge in [-0.25, -0.2) is 0 Å². The van der Waals surface area contributed by atoms with Gasteiger partial charge in [0.2, 0.25) is 0 Å². The molecule has 1 aromatic carbocycles. The van der Waals surface area contributed by atoms with Crippen molar-refractivity contribution in [3.05, 3.63) is 28.2 Å². The van der Waals surface area contributed by atoms with E-state index in [4.69, 9.17) is 4.74 Å². The van der Waals surface area contributed by atoms with Crippen LogP contribution >= 0.6 is 15.9 Å². The maximum Gasteiger partial charge on any atom is 0.133 e. The largest absolute Gasteiger partial charge is 0.496 e. The van der Waals surface area contributed by atoms with E-state index in [-0.39, 0.29) is 0 Å². The maximum atomic E-state index is 5.27. The lowest BCUT2D eigenvalue weighted by atomic mass is 9.79. The maximum absolute atomic E-state index is 5.27. The Morgan fingerprint density at radius 2 is 2.11 bits per heavy atom. The zero-order chi connectivity index (χ0) is 13.6. The van der Waals surface area contributed by atoms with Crippen LogP contribution < -0.4 is 10.1 Å². The standard InChI is InChI=1S/C15H24BrNO/c1-5-8-15(2,11-17-3)10-12-6-7-14(18-4)13(16)9-12/h6-7,9,17H,5,8,10-11H2,1-4H3. The molecule has 1 rings (SSSR count). The third-order valence-electron chi connectivity index (χ3n) is 3.30. The molecule has 0 amide bonds. The lowest BCUT2D eigenvalue weighted by Crippen LogP contribution is -2.31. The van der Waals surface area contributed by atoms with E-state index in [1.807, 2.05) is 13.1 Å². The van der Waals surface area contributed by atoms with Gasteiger partial charge in [-0.05, 0) is 58.9 Å². The Bertz CT molecular complexity index is 373. The van der Waals surface area contributed by atoms with Gasteiger partial charge in [0.25, 0.3) is 0 Å². The highest BCUT2D eigenvalue weighted by atomic mass is 79.9. The first-order valence-electron chi connectivity index (χ1n) is 6.51. The van der Waals surface area contributed by atoms with Gasteiger partial charge in [-0.3, -0.25) is 0 Å². The number of halogens is 1. The number of hydrogen-bond donors (Lipinski definition) is 1. The average molecular weight is 314 g/mol. The topological polar surface area (TPSA) is 21.3 Å². The fourth-order valence-corrected chi connectivity index (χ4v) is 3.17. The van der Waals surface area contributed by atoms with Crippen molar-refractivity contribution in [3.8, 4) is 5.75 Å². The summed E-state index contributed by atoms with van der Waals surface area (Å²) in [6.07, 6.45) is 3.54. The third kappa shape index (κ3) is 4.29. The molecule has 0 fully saturated rings. The van der Waals surface area contributed by atoms with Crippen LogP contribution in [0, 0.1) is 5.41 Å². The molecule has 102 valence electrons. The monoisotopic (exact) mass is 313 g/mol. The Morgan fingerprint density at radius 3 is 2.61 bits per heavy atom. The molecule has 1 N–H and O–H groups in total. The SMILES string of the molecule is CCCC(C)(CNC)Cc1ccc(OC)c(Br)c1. The molecular weight excluding hydrogens is 290 g/mol. The summed E-state index contributed by atoms with van der Waals surface area (Å²) in [4.78, 5) is 0. The fourth-order valence-electron chi connectivity index (χ4n) is 2.58. The van der Waals surface area contributed by atoms with E-state index in [1.165, 1.54) is 18.4 Å². The number of methoxy groups -OCH3 is 1. The summed E-state index contributed by atoms with van der Waals surface area (Å²) in [5, 5.41) is 3.31. The molecule has 0 spiro atoms. The Balaban J connectivity index is 2.83. The second-order valence-corrected chi connectivity index (χ2v) is 6.09. The Labute approximate surface area is 119 Å². The van der Waals surface area contributed by atoms with Crippen LogP contribution in [0.1, 0.15) is 32.3 Å². The minimum absolute atomic E-state index is 0.317. The molecule has 0 aliphatic heterocycles. The Hall–Kier alpha value is -0.540. The summed E-state index contributed by atoms with van der Waals surface area (Å²) in [6, 6.07) is 6.36. The molecule has 0 aromatic heterocycles. The molecule has 0 radical (unpaired) electrons. The van der Waals surface area contributed by atoms with Crippen molar-refractivity contribution in [2.75, 3.05) is 20.7 Å². The minimum Gasteiger partial charge on any atom is -0.496 e. The molecule has 1 atom stereocenters. The minimum atomic E-state index is 0.317. The van der Waals surface area contributed by atoms with Crippen LogP contribution in [0.3, 0.4) is 0 Å². The van der Waals surface area contributed by atoms with Crippen molar-refractivity contribution in [1.82, 2.24) is 5.32 Å². The van der Waals surface area contributed by atoms with E-state index >= 15 is 0 Å². The van der Waals surface area contributed by atoms with Gasteiger partial charge in [0, 0.05) is 6.54 Å². The van der Waals surface area contributed by atoms with Crippen LogP contribution in [-0.4, -0.2) is 20.7 Å². The number of ether oxygens (including phenoxy) is 1. The van der Waals surface area contributed by atoms with E-state index in [2.05, 4.69) is 47.2 Å². The molecule has 3 heteroatoms. The summed E-state index contributed by atoms with van der Waals surface area (Å²) in [6.45, 7) is 5.65. The molecule has 0 aliphatic rings. The van der Waals surface area contributed by atoms with E-state index in [0.29, 0.717) is 5.41 Å². The molecule has 18 heavy (non-hydrogen) atoms. The second kappa shape index (κ2) is 7.15. The van der Waals surface area contributed by atoms with E-state index in [0.717, 1.165) is 23.2 Å². The van der Waals surface area contributed by atoms with Crippen LogP contribution in [0.25, 0.3) is 0 Å². The van der Waals surface area contributed by atoms with Crippen LogP contribution in [0.5, 0.6) is 5.75 Å². The van der Waals surface area contributed by atoms with E-state index in [1.54, 1.807) is 7.11 Å². The van der Waals surface area contributed by atoms with E-state index < -0.39 is 0 Å². The first kappa shape index (κ1) is 15.5. The van der Waals surface area contributed by atoms with Gasteiger partial charge in [-0.15, -0.1) is 0 Å². The second-order valence-electron chi connectivity index (χ2n) is 5.24. The highest BCUT2D eigenvalue weighted by Crippen LogP contribution is 2.31. The molecule has 1 unspecified atom stereocenters. The lowest BCUT2D eigenvalue weighted by Gasteiger charge is -2.29. The number of rotatable bonds is 7. The Kier molecular flexibility index (Phi) is 6.16. The van der Waals surface area contributed by atoms with Gasteiger partial charge in [0.1, 0.15) is 5.75 Å². The zero-order valence-electron chi connectivity index (χ0n) is 11.8.